The number of amides is 1. The highest BCUT2D eigenvalue weighted by Gasteiger charge is 2.29. The largest absolute Gasteiger partial charge is 0.449 e. The molecule has 1 aliphatic carbocycles. The van der Waals surface area contributed by atoms with Gasteiger partial charge in [-0.25, -0.2) is 9.78 Å². The second-order valence-corrected chi connectivity index (χ2v) is 8.15. The van der Waals surface area contributed by atoms with E-state index in [2.05, 4.69) is 22.4 Å². The van der Waals surface area contributed by atoms with E-state index in [1.54, 1.807) is 0 Å². The van der Waals surface area contributed by atoms with Crippen molar-refractivity contribution in [1.29, 1.82) is 0 Å². The zero-order valence-corrected chi connectivity index (χ0v) is 18.5. The number of hydrogen-bond acceptors (Lipinski definition) is 7. The van der Waals surface area contributed by atoms with Gasteiger partial charge in [-0.05, 0) is 41.7 Å². The number of alkyl carbamates (subject to hydrolysis) is 1. The van der Waals surface area contributed by atoms with E-state index in [4.69, 9.17) is 4.74 Å². The number of aliphatic hydroxyl groups is 2. The lowest BCUT2D eigenvalue weighted by Crippen LogP contribution is -2.31. The molecule has 0 saturated carbocycles. The maximum absolute atomic E-state index is 12.2. The molecule has 3 aromatic rings. The van der Waals surface area contributed by atoms with E-state index in [9.17, 15) is 25.1 Å². The number of nitrogens with one attached hydrogen (secondary N) is 1. The van der Waals surface area contributed by atoms with Crippen LogP contribution >= 0.6 is 0 Å². The number of ether oxygens (including phenoxy) is 1. The Labute approximate surface area is 196 Å². The van der Waals surface area contributed by atoms with Gasteiger partial charge < -0.3 is 20.3 Å². The Hall–Kier alpha value is -3.82. The van der Waals surface area contributed by atoms with E-state index in [-0.39, 0.29) is 42.6 Å². The lowest BCUT2D eigenvalue weighted by atomic mass is 9.98. The number of hydrogen-bond donors (Lipinski definition) is 3. The standard InChI is InChI=1S/C25H25N3O6/c1-15-22(28(32)33)11-10-21(27-15)24(30)23(29)12-13-26-25(31)34-14-20-18-8-4-2-6-16(18)17-7-3-5-9-19(17)20/h2-11,20,23-24,29-30H,12-14H2,1H3,(H,26,31). The Morgan fingerprint density at radius 2 is 1.71 bits per heavy atom. The topological polar surface area (TPSA) is 135 Å². The average Bonchev–Trinajstić information content (AvgIpc) is 3.15. The van der Waals surface area contributed by atoms with Crippen molar-refractivity contribution in [2.45, 2.75) is 31.5 Å². The van der Waals surface area contributed by atoms with Crippen molar-refractivity contribution in [2.75, 3.05) is 13.2 Å². The molecule has 34 heavy (non-hydrogen) atoms. The second-order valence-electron chi connectivity index (χ2n) is 8.15. The molecule has 0 spiro atoms. The number of carbonyl (C=O) groups is 1. The molecule has 0 bridgehead atoms. The Morgan fingerprint density at radius 1 is 1.09 bits per heavy atom. The summed E-state index contributed by atoms with van der Waals surface area (Å²) in [7, 11) is 0. The molecule has 1 amide bonds. The van der Waals surface area contributed by atoms with Gasteiger partial charge in [-0.2, -0.15) is 0 Å². The van der Waals surface area contributed by atoms with E-state index >= 15 is 0 Å². The van der Waals surface area contributed by atoms with Gasteiger partial charge in [0.05, 0.1) is 16.7 Å². The maximum Gasteiger partial charge on any atom is 0.407 e. The van der Waals surface area contributed by atoms with Crippen molar-refractivity contribution in [2.24, 2.45) is 0 Å². The lowest BCUT2D eigenvalue weighted by Gasteiger charge is -2.18. The van der Waals surface area contributed by atoms with Crippen LogP contribution in [0.4, 0.5) is 10.5 Å². The first kappa shape index (κ1) is 23.3. The van der Waals surface area contributed by atoms with Crippen molar-refractivity contribution in [1.82, 2.24) is 10.3 Å². The predicted molar refractivity (Wildman–Crippen MR) is 124 cm³/mol. The van der Waals surface area contributed by atoms with Crippen LogP contribution in [0, 0.1) is 17.0 Å². The number of fused-ring (bicyclic) bond motifs is 3. The predicted octanol–water partition coefficient (Wildman–Crippen LogP) is 3.62. The number of nitrogens with zero attached hydrogens (tertiary/aromatic N) is 2. The van der Waals surface area contributed by atoms with Crippen LogP contribution in [-0.4, -0.2) is 45.5 Å². The van der Waals surface area contributed by atoms with Gasteiger partial charge in [-0.3, -0.25) is 10.1 Å². The molecule has 9 heteroatoms. The molecule has 2 aromatic carbocycles. The summed E-state index contributed by atoms with van der Waals surface area (Å²) in [5, 5.41) is 34.1. The average molecular weight is 463 g/mol. The van der Waals surface area contributed by atoms with E-state index in [1.165, 1.54) is 19.1 Å². The molecule has 3 N–H and O–H groups in total. The van der Waals surface area contributed by atoms with E-state index in [1.807, 2.05) is 36.4 Å². The highest BCUT2D eigenvalue weighted by molar-refractivity contribution is 5.79. The number of benzene rings is 2. The molecule has 1 aromatic heterocycles. The number of aliphatic hydroxyl groups excluding tert-OH is 2. The summed E-state index contributed by atoms with van der Waals surface area (Å²) in [4.78, 5) is 26.6. The van der Waals surface area contributed by atoms with E-state index < -0.39 is 23.2 Å². The van der Waals surface area contributed by atoms with Gasteiger partial charge in [0.25, 0.3) is 5.69 Å². The van der Waals surface area contributed by atoms with Crippen LogP contribution in [0.5, 0.6) is 0 Å². The molecule has 0 aliphatic heterocycles. The van der Waals surface area contributed by atoms with Gasteiger partial charge >= 0.3 is 6.09 Å². The van der Waals surface area contributed by atoms with Gasteiger partial charge in [0.15, 0.2) is 0 Å². The minimum absolute atomic E-state index is 0.0447. The monoisotopic (exact) mass is 463 g/mol. The number of carbonyl (C=O) groups excluding carboxylic acids is 1. The third kappa shape index (κ3) is 4.75. The lowest BCUT2D eigenvalue weighted by molar-refractivity contribution is -0.385. The quantitative estimate of drug-likeness (QED) is 0.343. The van der Waals surface area contributed by atoms with Gasteiger partial charge in [0.2, 0.25) is 0 Å². The minimum atomic E-state index is -1.34. The van der Waals surface area contributed by atoms with Crippen LogP contribution in [0.15, 0.2) is 60.7 Å². The van der Waals surface area contributed by atoms with Gasteiger partial charge in [-0.1, -0.05) is 48.5 Å². The zero-order valence-electron chi connectivity index (χ0n) is 18.5. The van der Waals surface area contributed by atoms with Crippen molar-refractivity contribution in [3.05, 3.63) is 93.3 Å². The SMILES string of the molecule is Cc1nc(C(O)C(O)CCNC(=O)OCC2c3ccccc3-c3ccccc32)ccc1[N+](=O)[O-]. The van der Waals surface area contributed by atoms with Crippen LogP contribution in [-0.2, 0) is 4.74 Å². The summed E-state index contributed by atoms with van der Waals surface area (Å²) in [6, 6.07) is 18.6. The molecule has 176 valence electrons. The van der Waals surface area contributed by atoms with Gasteiger partial charge in [0.1, 0.15) is 18.4 Å². The second kappa shape index (κ2) is 9.98. The fraction of sp³-hybridized carbons (Fsp3) is 0.280. The van der Waals surface area contributed by atoms with Crippen LogP contribution in [0.3, 0.4) is 0 Å². The molecule has 0 radical (unpaired) electrons. The van der Waals surface area contributed by atoms with Crippen LogP contribution in [0.25, 0.3) is 11.1 Å². The Balaban J connectivity index is 1.28. The Kier molecular flexibility index (Phi) is 6.85. The molecule has 4 rings (SSSR count). The number of rotatable bonds is 8. The maximum atomic E-state index is 12.2. The number of aryl methyl sites for hydroxylation is 1. The number of pyridine rings is 1. The van der Waals surface area contributed by atoms with Crippen LogP contribution in [0.2, 0.25) is 0 Å². The molecule has 1 heterocycles. The molecule has 0 fully saturated rings. The smallest absolute Gasteiger partial charge is 0.407 e. The van der Waals surface area contributed by atoms with Crippen molar-refractivity contribution in [3.8, 4) is 11.1 Å². The fourth-order valence-electron chi connectivity index (χ4n) is 4.26. The van der Waals surface area contributed by atoms with Gasteiger partial charge in [0, 0.05) is 18.5 Å². The molecule has 0 saturated heterocycles. The molecule has 9 nitrogen and oxygen atoms in total. The zero-order chi connectivity index (χ0) is 24.2. The molecular formula is C25H25N3O6. The van der Waals surface area contributed by atoms with Crippen molar-refractivity contribution < 1.29 is 24.7 Å². The molecule has 2 atom stereocenters. The first-order valence-electron chi connectivity index (χ1n) is 10.9. The first-order valence-corrected chi connectivity index (χ1v) is 10.9. The summed E-state index contributed by atoms with van der Waals surface area (Å²) < 4.78 is 5.45. The van der Waals surface area contributed by atoms with Crippen molar-refractivity contribution >= 4 is 11.8 Å². The van der Waals surface area contributed by atoms with E-state index in [0.717, 1.165) is 22.3 Å². The minimum Gasteiger partial charge on any atom is -0.449 e. The third-order valence-corrected chi connectivity index (χ3v) is 6.00. The normalized spacial score (nSPS) is 14.1. The number of nitro groups is 1. The summed E-state index contributed by atoms with van der Waals surface area (Å²) in [6.45, 7) is 1.71. The molecule has 2 unspecified atom stereocenters. The fourth-order valence-corrected chi connectivity index (χ4v) is 4.26. The van der Waals surface area contributed by atoms with Gasteiger partial charge in [-0.15, -0.1) is 0 Å². The highest BCUT2D eigenvalue weighted by atomic mass is 16.6. The third-order valence-electron chi connectivity index (χ3n) is 6.00. The van der Waals surface area contributed by atoms with Crippen LogP contribution < -0.4 is 5.32 Å². The summed E-state index contributed by atoms with van der Waals surface area (Å²) in [5.41, 5.74) is 4.60. The summed E-state index contributed by atoms with van der Waals surface area (Å²) in [5.74, 6) is -0.0537. The number of aromatic nitrogens is 1. The summed E-state index contributed by atoms with van der Waals surface area (Å²) in [6.07, 6.45) is -3.14. The molecule has 1 aliphatic rings. The van der Waals surface area contributed by atoms with E-state index in [0.29, 0.717) is 0 Å². The highest BCUT2D eigenvalue weighted by Crippen LogP contribution is 2.44. The molecular weight excluding hydrogens is 438 g/mol. The van der Waals surface area contributed by atoms with Crippen molar-refractivity contribution in [3.63, 3.8) is 0 Å². The van der Waals surface area contributed by atoms with Crippen LogP contribution in [0.1, 0.15) is 41.0 Å². The summed E-state index contributed by atoms with van der Waals surface area (Å²) >= 11 is 0. The Morgan fingerprint density at radius 3 is 2.29 bits per heavy atom. The Bertz CT molecular complexity index is 1170. The first-order chi connectivity index (χ1) is 16.4.